The molecule has 0 aliphatic carbocycles. The van der Waals surface area contributed by atoms with Crippen LogP contribution in [0.4, 0.5) is 0 Å². The lowest BCUT2D eigenvalue weighted by Crippen LogP contribution is -2.45. The Morgan fingerprint density at radius 3 is 1.59 bits per heavy atom. The fourth-order valence-corrected chi connectivity index (χ4v) is 3.18. The van der Waals surface area contributed by atoms with E-state index >= 15 is 0 Å². The summed E-state index contributed by atoms with van der Waals surface area (Å²) in [5.74, 6) is -3.89. The van der Waals surface area contributed by atoms with Gasteiger partial charge in [0.25, 0.3) is 0 Å². The molecule has 0 aliphatic heterocycles. The second-order valence-electron chi connectivity index (χ2n) is 8.24. The van der Waals surface area contributed by atoms with Gasteiger partial charge in [-0.2, -0.15) is 0 Å². The van der Waals surface area contributed by atoms with Crippen LogP contribution in [0.1, 0.15) is 111 Å². The average Bonchev–Trinajstić information content (AvgIpc) is 2.71. The van der Waals surface area contributed by atoms with Crippen LogP contribution < -0.4 is 0 Å². The van der Waals surface area contributed by atoms with Crippen molar-refractivity contribution in [3.63, 3.8) is 0 Å². The molecule has 0 aromatic carbocycles. The molecule has 0 heterocycles. The first-order valence-electron chi connectivity index (χ1n) is 12.0. The average molecular weight is 459 g/mol. The number of hydrogen-bond donors (Lipinski definition) is 1. The van der Waals surface area contributed by atoms with E-state index < -0.39 is 42.3 Å². The van der Waals surface area contributed by atoms with Crippen molar-refractivity contribution < 1.29 is 38.5 Å². The molecule has 1 unspecified atom stereocenters. The third-order valence-electron chi connectivity index (χ3n) is 5.00. The fourth-order valence-electron chi connectivity index (χ4n) is 3.18. The molecule has 1 atom stereocenters. The van der Waals surface area contributed by atoms with Crippen LogP contribution in [-0.4, -0.2) is 47.8 Å². The summed E-state index contributed by atoms with van der Waals surface area (Å²) in [4.78, 5) is 47.5. The van der Waals surface area contributed by atoms with Gasteiger partial charge in [-0.05, 0) is 12.8 Å². The molecule has 0 fully saturated rings. The minimum absolute atomic E-state index is 0.0713. The fraction of sp³-hybridized carbons (Fsp3) is 0.833. The lowest BCUT2D eigenvalue weighted by Gasteiger charge is -2.24. The maximum absolute atomic E-state index is 12.5. The SMILES string of the molecule is CCCCCCCCOC(=O)CC(O)(CC(=O)OC(C)=O)C(=O)OCCCCCCCC. The van der Waals surface area contributed by atoms with Crippen LogP contribution in [0.5, 0.6) is 0 Å². The number of carbonyl (C=O) groups is 4. The standard InChI is InChI=1S/C24H42O8/c1-4-6-8-10-12-14-16-30-21(26)18-24(29,19-22(27)32-20(3)25)23(28)31-17-15-13-11-9-7-5-2/h29H,4-19H2,1-3H3. The summed E-state index contributed by atoms with van der Waals surface area (Å²) < 4.78 is 14.6. The molecular weight excluding hydrogens is 416 g/mol. The molecule has 8 heteroatoms. The van der Waals surface area contributed by atoms with E-state index in [2.05, 4.69) is 18.6 Å². The topological polar surface area (TPSA) is 116 Å². The highest BCUT2D eigenvalue weighted by molar-refractivity contribution is 5.92. The van der Waals surface area contributed by atoms with Gasteiger partial charge >= 0.3 is 23.9 Å². The molecule has 8 nitrogen and oxygen atoms in total. The van der Waals surface area contributed by atoms with Gasteiger partial charge in [0.1, 0.15) is 0 Å². The summed E-state index contributed by atoms with van der Waals surface area (Å²) in [5.41, 5.74) is -2.44. The molecule has 32 heavy (non-hydrogen) atoms. The van der Waals surface area contributed by atoms with Crippen LogP contribution >= 0.6 is 0 Å². The first-order valence-corrected chi connectivity index (χ1v) is 12.0. The Kier molecular flexibility index (Phi) is 17.5. The summed E-state index contributed by atoms with van der Waals surface area (Å²) >= 11 is 0. The van der Waals surface area contributed by atoms with Crippen LogP contribution in [-0.2, 0) is 33.4 Å². The molecule has 0 aromatic rings. The maximum Gasteiger partial charge on any atom is 0.339 e. The van der Waals surface area contributed by atoms with Crippen LogP contribution in [0.3, 0.4) is 0 Å². The molecule has 0 saturated heterocycles. The highest BCUT2D eigenvalue weighted by Crippen LogP contribution is 2.20. The summed E-state index contributed by atoms with van der Waals surface area (Å²) in [6.07, 6.45) is 10.4. The molecule has 0 aliphatic rings. The van der Waals surface area contributed by atoms with Gasteiger partial charge in [-0.1, -0.05) is 78.1 Å². The quantitative estimate of drug-likeness (QED) is 0.131. The van der Waals surface area contributed by atoms with Crippen LogP contribution in [0.2, 0.25) is 0 Å². The highest BCUT2D eigenvalue weighted by Gasteiger charge is 2.43. The lowest BCUT2D eigenvalue weighted by atomic mass is 9.95. The predicted molar refractivity (Wildman–Crippen MR) is 120 cm³/mol. The Balaban J connectivity index is 4.62. The number of rotatable bonds is 19. The van der Waals surface area contributed by atoms with E-state index in [0.29, 0.717) is 12.8 Å². The van der Waals surface area contributed by atoms with Gasteiger partial charge in [-0.15, -0.1) is 0 Å². The molecule has 0 spiro atoms. The third-order valence-corrected chi connectivity index (χ3v) is 5.00. The molecule has 0 rings (SSSR count). The van der Waals surface area contributed by atoms with E-state index in [1.807, 2.05) is 0 Å². The van der Waals surface area contributed by atoms with Gasteiger partial charge < -0.3 is 19.3 Å². The normalized spacial score (nSPS) is 12.6. The Morgan fingerprint density at radius 2 is 1.09 bits per heavy atom. The minimum Gasteiger partial charge on any atom is -0.466 e. The van der Waals surface area contributed by atoms with Crippen molar-refractivity contribution in [3.8, 4) is 0 Å². The summed E-state index contributed by atoms with van der Waals surface area (Å²) in [7, 11) is 0. The summed E-state index contributed by atoms with van der Waals surface area (Å²) in [6, 6.07) is 0. The second kappa shape index (κ2) is 18.6. The Bertz CT molecular complexity index is 560. The lowest BCUT2D eigenvalue weighted by molar-refractivity contribution is -0.179. The molecule has 0 radical (unpaired) electrons. The van der Waals surface area contributed by atoms with Crippen molar-refractivity contribution in [2.75, 3.05) is 13.2 Å². The van der Waals surface area contributed by atoms with Gasteiger partial charge in [0.15, 0.2) is 5.60 Å². The smallest absolute Gasteiger partial charge is 0.339 e. The van der Waals surface area contributed by atoms with Crippen molar-refractivity contribution in [2.45, 2.75) is 116 Å². The third kappa shape index (κ3) is 15.8. The molecule has 186 valence electrons. The van der Waals surface area contributed by atoms with Crippen LogP contribution in [0, 0.1) is 0 Å². The van der Waals surface area contributed by atoms with Gasteiger partial charge in [0, 0.05) is 6.92 Å². The first-order chi connectivity index (χ1) is 15.2. The molecule has 1 N–H and O–H groups in total. The van der Waals surface area contributed by atoms with E-state index in [-0.39, 0.29) is 13.2 Å². The zero-order valence-electron chi connectivity index (χ0n) is 20.1. The zero-order valence-corrected chi connectivity index (χ0v) is 20.1. The molecule has 0 bridgehead atoms. The Hall–Kier alpha value is -1.96. The van der Waals surface area contributed by atoms with E-state index in [4.69, 9.17) is 9.47 Å². The van der Waals surface area contributed by atoms with Gasteiger partial charge in [-0.3, -0.25) is 14.4 Å². The van der Waals surface area contributed by atoms with Crippen molar-refractivity contribution in [1.29, 1.82) is 0 Å². The van der Waals surface area contributed by atoms with Crippen molar-refractivity contribution >= 4 is 23.9 Å². The van der Waals surface area contributed by atoms with Crippen LogP contribution in [0.15, 0.2) is 0 Å². The molecule has 0 amide bonds. The van der Waals surface area contributed by atoms with E-state index in [1.165, 1.54) is 6.42 Å². The van der Waals surface area contributed by atoms with Gasteiger partial charge in [-0.25, -0.2) is 4.79 Å². The van der Waals surface area contributed by atoms with Gasteiger partial charge in [0.2, 0.25) is 0 Å². The van der Waals surface area contributed by atoms with Crippen molar-refractivity contribution in [1.82, 2.24) is 0 Å². The summed E-state index contributed by atoms with van der Waals surface area (Å²) in [6.45, 7) is 5.53. The van der Waals surface area contributed by atoms with Crippen molar-refractivity contribution in [2.24, 2.45) is 0 Å². The van der Waals surface area contributed by atoms with Gasteiger partial charge in [0.05, 0.1) is 26.1 Å². The van der Waals surface area contributed by atoms with E-state index in [9.17, 15) is 24.3 Å². The zero-order chi connectivity index (χ0) is 24.2. The summed E-state index contributed by atoms with van der Waals surface area (Å²) in [5, 5.41) is 10.7. The molecule has 0 aromatic heterocycles. The molecule has 0 saturated carbocycles. The number of ether oxygens (including phenoxy) is 3. The number of carbonyl (C=O) groups excluding carboxylic acids is 4. The van der Waals surface area contributed by atoms with Crippen molar-refractivity contribution in [3.05, 3.63) is 0 Å². The first kappa shape index (κ1) is 30.0. The maximum atomic E-state index is 12.5. The number of unbranched alkanes of at least 4 members (excludes halogenated alkanes) is 10. The van der Waals surface area contributed by atoms with E-state index in [0.717, 1.165) is 64.7 Å². The van der Waals surface area contributed by atoms with Crippen LogP contribution in [0.25, 0.3) is 0 Å². The monoisotopic (exact) mass is 458 g/mol. The Morgan fingerprint density at radius 1 is 0.656 bits per heavy atom. The number of aliphatic hydroxyl groups is 1. The largest absolute Gasteiger partial charge is 0.466 e. The number of esters is 4. The predicted octanol–water partition coefficient (Wildman–Crippen LogP) is 4.39. The highest BCUT2D eigenvalue weighted by atomic mass is 16.6. The number of hydrogen-bond acceptors (Lipinski definition) is 8. The second-order valence-corrected chi connectivity index (χ2v) is 8.24. The Labute approximate surface area is 192 Å². The molecular formula is C24H42O8. The minimum atomic E-state index is -2.44. The van der Waals surface area contributed by atoms with E-state index in [1.54, 1.807) is 0 Å².